The van der Waals surface area contributed by atoms with Crippen LogP contribution in [0.15, 0.2) is 94.1 Å². The Hall–Kier alpha value is -3.60. The summed E-state index contributed by atoms with van der Waals surface area (Å²) in [7, 11) is 0. The first-order valence-electron chi connectivity index (χ1n) is 8.23. The number of carbonyl (C=O) groups excluding carboxylic acids is 1. The number of hydrogen-bond donors (Lipinski definition) is 0. The highest BCUT2D eigenvalue weighted by Gasteiger charge is 2.23. The van der Waals surface area contributed by atoms with Crippen molar-refractivity contribution in [3.8, 4) is 11.3 Å². The Balaban J connectivity index is 1.65. The van der Waals surface area contributed by atoms with Gasteiger partial charge in [-0.25, -0.2) is 0 Å². The molecule has 5 heteroatoms. The van der Waals surface area contributed by atoms with E-state index in [9.17, 15) is 4.79 Å². The van der Waals surface area contributed by atoms with Crippen LogP contribution in [0, 0.1) is 0 Å². The summed E-state index contributed by atoms with van der Waals surface area (Å²) in [5.41, 5.74) is 2.28. The first-order chi connectivity index (χ1) is 12.8. The van der Waals surface area contributed by atoms with Gasteiger partial charge in [-0.3, -0.25) is 9.69 Å². The lowest BCUT2D eigenvalue weighted by molar-refractivity contribution is 0.0947. The van der Waals surface area contributed by atoms with Crippen LogP contribution in [0.1, 0.15) is 16.3 Å². The lowest BCUT2D eigenvalue weighted by atomic mass is 10.1. The number of para-hydroxylation sites is 1. The Labute approximate surface area is 150 Å². The van der Waals surface area contributed by atoms with Crippen LogP contribution in [-0.4, -0.2) is 11.1 Å². The smallest absolute Gasteiger partial charge is 0.297 e. The largest absolute Gasteiger partial charge is 0.467 e. The van der Waals surface area contributed by atoms with Crippen molar-refractivity contribution in [2.24, 2.45) is 0 Å². The second-order valence-electron chi connectivity index (χ2n) is 5.75. The van der Waals surface area contributed by atoms with Gasteiger partial charge in [-0.2, -0.15) is 0 Å². The van der Waals surface area contributed by atoms with Crippen molar-refractivity contribution >= 4 is 11.6 Å². The van der Waals surface area contributed by atoms with E-state index in [0.717, 1.165) is 11.3 Å². The van der Waals surface area contributed by atoms with Crippen LogP contribution in [0.2, 0.25) is 0 Å². The quantitative estimate of drug-likeness (QED) is 0.523. The van der Waals surface area contributed by atoms with Gasteiger partial charge in [0.2, 0.25) is 5.76 Å². The molecule has 4 aromatic rings. The van der Waals surface area contributed by atoms with E-state index >= 15 is 0 Å². The van der Waals surface area contributed by atoms with Crippen molar-refractivity contribution in [1.29, 1.82) is 0 Å². The second kappa shape index (κ2) is 7.11. The topological polar surface area (TPSA) is 59.5 Å². The molecule has 0 saturated carbocycles. The highest BCUT2D eigenvalue weighted by atomic mass is 16.5. The standard InChI is InChI=1S/C21H16N2O3/c24-21(20-14-19(22-26-20)16-8-3-1-4-9-16)23(15-18-12-7-13-25-18)17-10-5-2-6-11-17/h1-14H,15H2. The molecule has 2 heterocycles. The van der Waals surface area contributed by atoms with Crippen LogP contribution in [0.25, 0.3) is 11.3 Å². The van der Waals surface area contributed by atoms with E-state index in [1.807, 2.05) is 66.7 Å². The lowest BCUT2D eigenvalue weighted by Gasteiger charge is -2.20. The average molecular weight is 344 g/mol. The molecule has 0 spiro atoms. The van der Waals surface area contributed by atoms with E-state index in [1.165, 1.54) is 0 Å². The molecule has 128 valence electrons. The van der Waals surface area contributed by atoms with E-state index in [2.05, 4.69) is 5.16 Å². The van der Waals surface area contributed by atoms with Gasteiger partial charge in [0.1, 0.15) is 11.5 Å². The van der Waals surface area contributed by atoms with Crippen molar-refractivity contribution in [2.45, 2.75) is 6.54 Å². The summed E-state index contributed by atoms with van der Waals surface area (Å²) in [4.78, 5) is 14.7. The second-order valence-corrected chi connectivity index (χ2v) is 5.75. The fourth-order valence-corrected chi connectivity index (χ4v) is 2.70. The third-order valence-electron chi connectivity index (χ3n) is 4.00. The molecular formula is C21H16N2O3. The van der Waals surface area contributed by atoms with Gasteiger partial charge in [-0.05, 0) is 24.3 Å². The van der Waals surface area contributed by atoms with Gasteiger partial charge in [0.15, 0.2) is 0 Å². The number of nitrogens with zero attached hydrogens (tertiary/aromatic N) is 2. The van der Waals surface area contributed by atoms with E-state index in [4.69, 9.17) is 8.94 Å². The van der Waals surface area contributed by atoms with Gasteiger partial charge >= 0.3 is 0 Å². The zero-order valence-corrected chi connectivity index (χ0v) is 13.9. The number of benzene rings is 2. The van der Waals surface area contributed by atoms with Crippen LogP contribution in [0.5, 0.6) is 0 Å². The number of rotatable bonds is 5. The summed E-state index contributed by atoms with van der Waals surface area (Å²) in [6.45, 7) is 0.303. The number of hydrogen-bond acceptors (Lipinski definition) is 4. The molecule has 0 N–H and O–H groups in total. The molecule has 5 nitrogen and oxygen atoms in total. The van der Waals surface area contributed by atoms with Gasteiger partial charge in [0, 0.05) is 17.3 Å². The number of amides is 1. The van der Waals surface area contributed by atoms with Gasteiger partial charge in [0.25, 0.3) is 5.91 Å². The van der Waals surface area contributed by atoms with E-state index in [1.54, 1.807) is 23.3 Å². The third kappa shape index (κ3) is 3.28. The summed E-state index contributed by atoms with van der Waals surface area (Å²) in [6.07, 6.45) is 1.59. The van der Waals surface area contributed by atoms with Crippen LogP contribution < -0.4 is 4.90 Å². The molecule has 0 aliphatic rings. The maximum atomic E-state index is 13.1. The third-order valence-corrected chi connectivity index (χ3v) is 4.00. The molecule has 0 unspecified atom stereocenters. The van der Waals surface area contributed by atoms with Crippen molar-refractivity contribution < 1.29 is 13.7 Å². The Bertz CT molecular complexity index is 977. The van der Waals surface area contributed by atoms with Crippen molar-refractivity contribution in [3.63, 3.8) is 0 Å². The van der Waals surface area contributed by atoms with Crippen LogP contribution in [0.4, 0.5) is 5.69 Å². The lowest BCUT2D eigenvalue weighted by Crippen LogP contribution is -2.29. The van der Waals surface area contributed by atoms with Gasteiger partial charge < -0.3 is 8.94 Å². The predicted molar refractivity (Wildman–Crippen MR) is 97.6 cm³/mol. The molecule has 2 aromatic heterocycles. The summed E-state index contributed by atoms with van der Waals surface area (Å²) >= 11 is 0. The fraction of sp³-hybridized carbons (Fsp3) is 0.0476. The van der Waals surface area contributed by atoms with E-state index in [0.29, 0.717) is 18.0 Å². The summed E-state index contributed by atoms with van der Waals surface area (Å²) in [5.74, 6) is 0.589. The minimum absolute atomic E-state index is 0.180. The Morgan fingerprint density at radius 2 is 1.65 bits per heavy atom. The molecule has 4 rings (SSSR count). The normalized spacial score (nSPS) is 10.6. The van der Waals surface area contributed by atoms with Crippen molar-refractivity contribution in [1.82, 2.24) is 5.16 Å². The predicted octanol–water partition coefficient (Wildman–Crippen LogP) is 4.78. The van der Waals surface area contributed by atoms with E-state index < -0.39 is 0 Å². The number of aromatic nitrogens is 1. The van der Waals surface area contributed by atoms with Gasteiger partial charge in [-0.15, -0.1) is 0 Å². The Morgan fingerprint density at radius 3 is 2.35 bits per heavy atom. The molecule has 0 fully saturated rings. The Kier molecular flexibility index (Phi) is 4.35. The van der Waals surface area contributed by atoms with E-state index in [-0.39, 0.29) is 11.7 Å². The molecule has 0 radical (unpaired) electrons. The van der Waals surface area contributed by atoms with Crippen molar-refractivity contribution in [2.75, 3.05) is 4.90 Å². The Morgan fingerprint density at radius 1 is 0.923 bits per heavy atom. The maximum absolute atomic E-state index is 13.1. The SMILES string of the molecule is O=C(c1cc(-c2ccccc2)no1)N(Cc1ccco1)c1ccccc1. The molecule has 2 aromatic carbocycles. The fourth-order valence-electron chi connectivity index (χ4n) is 2.70. The summed E-state index contributed by atoms with van der Waals surface area (Å²) in [6, 6.07) is 24.3. The highest BCUT2D eigenvalue weighted by molar-refractivity contribution is 6.04. The molecule has 0 atom stereocenters. The number of furan rings is 1. The molecule has 1 amide bonds. The molecule has 0 aliphatic carbocycles. The first-order valence-corrected chi connectivity index (χ1v) is 8.23. The monoisotopic (exact) mass is 344 g/mol. The average Bonchev–Trinajstić information content (AvgIpc) is 3.39. The summed E-state index contributed by atoms with van der Waals surface area (Å²) in [5, 5.41) is 4.03. The van der Waals surface area contributed by atoms with Crippen LogP contribution >= 0.6 is 0 Å². The zero-order chi connectivity index (χ0) is 17.8. The minimum atomic E-state index is -0.276. The van der Waals surface area contributed by atoms with Crippen LogP contribution in [0.3, 0.4) is 0 Å². The molecular weight excluding hydrogens is 328 g/mol. The molecule has 0 saturated heterocycles. The number of carbonyl (C=O) groups is 1. The molecule has 0 bridgehead atoms. The van der Waals surface area contributed by atoms with Crippen LogP contribution in [-0.2, 0) is 6.54 Å². The molecule has 0 aliphatic heterocycles. The van der Waals surface area contributed by atoms with Crippen molar-refractivity contribution in [3.05, 3.63) is 96.6 Å². The highest BCUT2D eigenvalue weighted by Crippen LogP contribution is 2.23. The maximum Gasteiger partial charge on any atom is 0.297 e. The van der Waals surface area contributed by atoms with Gasteiger partial charge in [-0.1, -0.05) is 53.7 Å². The van der Waals surface area contributed by atoms with Gasteiger partial charge in [0.05, 0.1) is 12.8 Å². The zero-order valence-electron chi connectivity index (χ0n) is 13.9. The number of anilines is 1. The first kappa shape index (κ1) is 15.9. The summed E-state index contributed by atoms with van der Waals surface area (Å²) < 4.78 is 10.7. The molecule has 26 heavy (non-hydrogen) atoms. The minimum Gasteiger partial charge on any atom is -0.467 e.